The zero-order valence-corrected chi connectivity index (χ0v) is 44.5. The second kappa shape index (κ2) is 50.3. The van der Waals surface area contributed by atoms with E-state index in [-0.39, 0.29) is 50.2 Å². The van der Waals surface area contributed by atoms with Gasteiger partial charge in [0.25, 0.3) is 0 Å². The van der Waals surface area contributed by atoms with Crippen LogP contribution in [0.5, 0.6) is 0 Å². The van der Waals surface area contributed by atoms with E-state index in [1.165, 1.54) is 166 Å². The van der Waals surface area contributed by atoms with E-state index in [1.807, 2.05) is 40.3 Å². The van der Waals surface area contributed by atoms with Gasteiger partial charge in [-0.3, -0.25) is 14.5 Å². The van der Waals surface area contributed by atoms with Crippen molar-refractivity contribution in [3.8, 4) is 0 Å². The number of ether oxygens (including phenoxy) is 2. The van der Waals surface area contributed by atoms with Crippen molar-refractivity contribution >= 4 is 74.8 Å². The van der Waals surface area contributed by atoms with Crippen LogP contribution >= 0.6 is 62.8 Å². The molecule has 2 N–H and O–H groups in total. The largest absolute Gasteiger partial charge is 0.462 e. The molecule has 0 aliphatic rings. The van der Waals surface area contributed by atoms with Crippen LogP contribution in [0.4, 0.5) is 0 Å². The molecule has 8 nitrogen and oxygen atoms in total. The number of hydrogen-bond donors (Lipinski definition) is 2. The zero-order chi connectivity index (χ0) is 44.7. The Balaban J connectivity index is 4.24. The van der Waals surface area contributed by atoms with E-state index < -0.39 is 0 Å². The summed E-state index contributed by atoms with van der Waals surface area (Å²) in [5.74, 6) is 3.43. The first-order valence-corrected chi connectivity index (χ1v) is 32.4. The maximum absolute atomic E-state index is 12.8. The van der Waals surface area contributed by atoms with Gasteiger partial charge in [0.15, 0.2) is 0 Å². The molecule has 0 aromatic heterocycles. The van der Waals surface area contributed by atoms with Crippen molar-refractivity contribution in [2.24, 2.45) is 0 Å². The number of aliphatic hydroxyl groups is 2. The SMILES string of the molecule is CCCCCCCCCCCCCCSSSCC(C)OC(=O)CCN(CCCN(CCO)CCO)CCC(=O)OC(C)CSSSCCCCCCCCCCCCCC. The monoisotopic (exact) mass is 975 g/mol. The van der Waals surface area contributed by atoms with Crippen molar-refractivity contribution in [1.82, 2.24) is 9.80 Å². The van der Waals surface area contributed by atoms with Gasteiger partial charge in [0.1, 0.15) is 12.2 Å². The molecule has 0 spiro atoms. The smallest absolute Gasteiger partial charge is 0.307 e. The van der Waals surface area contributed by atoms with E-state index >= 15 is 0 Å². The molecule has 0 bridgehead atoms. The third kappa shape index (κ3) is 47.2. The fraction of sp³-hybridized carbons (Fsp3) is 0.957. The summed E-state index contributed by atoms with van der Waals surface area (Å²) in [4.78, 5) is 29.8. The molecule has 0 aliphatic heterocycles. The van der Waals surface area contributed by atoms with E-state index in [4.69, 9.17) is 9.47 Å². The second-order valence-electron chi connectivity index (χ2n) is 16.7. The van der Waals surface area contributed by atoms with Crippen molar-refractivity contribution in [1.29, 1.82) is 0 Å². The summed E-state index contributed by atoms with van der Waals surface area (Å²) in [5, 5.41) is 18.8. The first-order valence-electron chi connectivity index (χ1n) is 24.7. The Morgan fingerprint density at radius 1 is 0.426 bits per heavy atom. The minimum Gasteiger partial charge on any atom is -0.462 e. The molecular formula is C47H94N2O6S6. The summed E-state index contributed by atoms with van der Waals surface area (Å²) in [6.45, 7) is 12.0. The number of aliphatic hydroxyl groups excluding tert-OH is 2. The average Bonchev–Trinajstić information content (AvgIpc) is 3.24. The lowest BCUT2D eigenvalue weighted by Crippen LogP contribution is -2.35. The normalized spacial score (nSPS) is 12.7. The predicted molar refractivity (Wildman–Crippen MR) is 279 cm³/mol. The number of rotatable bonds is 50. The van der Waals surface area contributed by atoms with Crippen LogP contribution in [0.1, 0.15) is 201 Å². The number of carbonyl (C=O) groups is 2. The van der Waals surface area contributed by atoms with E-state index in [0.717, 1.165) is 24.5 Å². The molecule has 0 rings (SSSR count). The van der Waals surface area contributed by atoms with Crippen LogP contribution in [0.3, 0.4) is 0 Å². The standard InChI is InChI=1S/C47H94N2O6S6/c1-5-7-9-11-13-15-17-19-21-23-25-27-40-56-60-58-42-44(3)54-46(52)30-34-48(32-29-33-49(36-38-50)37-39-51)35-31-47(53)55-45(4)43-59-61-57-41-28-26-24-22-20-18-16-14-12-10-8-6-2/h44-45,50-51H,5-43H2,1-4H3. The quantitative estimate of drug-likeness (QED) is 0.0344. The lowest BCUT2D eigenvalue weighted by Gasteiger charge is -2.25. The Hall–Kier alpha value is 0.880. The van der Waals surface area contributed by atoms with Gasteiger partial charge in [-0.1, -0.05) is 198 Å². The van der Waals surface area contributed by atoms with E-state index in [2.05, 4.69) is 18.7 Å². The van der Waals surface area contributed by atoms with E-state index in [9.17, 15) is 19.8 Å². The molecule has 0 aromatic rings. The van der Waals surface area contributed by atoms with Gasteiger partial charge in [-0.15, -0.1) is 0 Å². The lowest BCUT2D eigenvalue weighted by molar-refractivity contribution is -0.147. The summed E-state index contributed by atoms with van der Waals surface area (Å²) >= 11 is 0. The molecular weight excluding hydrogens is 881 g/mol. The molecule has 0 amide bonds. The molecule has 0 radical (unpaired) electrons. The fourth-order valence-electron chi connectivity index (χ4n) is 6.99. The Bertz CT molecular complexity index is 867. The second-order valence-corrected chi connectivity index (χ2v) is 25.5. The average molecular weight is 976 g/mol. The molecule has 0 aliphatic carbocycles. The molecule has 2 atom stereocenters. The highest BCUT2D eigenvalue weighted by molar-refractivity contribution is 9.09. The molecule has 0 saturated carbocycles. The molecule has 0 heterocycles. The van der Waals surface area contributed by atoms with Gasteiger partial charge in [-0.05, 0) is 65.9 Å². The summed E-state index contributed by atoms with van der Waals surface area (Å²) in [7, 11) is 10.9. The molecule has 2 unspecified atom stereocenters. The van der Waals surface area contributed by atoms with Crippen LogP contribution in [0, 0.1) is 0 Å². The van der Waals surface area contributed by atoms with Crippen molar-refractivity contribution in [2.75, 3.05) is 75.5 Å². The third-order valence-electron chi connectivity index (χ3n) is 10.7. The van der Waals surface area contributed by atoms with Gasteiger partial charge < -0.3 is 24.6 Å². The summed E-state index contributed by atoms with van der Waals surface area (Å²) in [6, 6.07) is 0. The van der Waals surface area contributed by atoms with Crippen LogP contribution in [0.15, 0.2) is 0 Å². The van der Waals surface area contributed by atoms with E-state index in [0.29, 0.717) is 32.7 Å². The maximum atomic E-state index is 12.8. The highest BCUT2D eigenvalue weighted by Crippen LogP contribution is 2.36. The van der Waals surface area contributed by atoms with Gasteiger partial charge in [0, 0.05) is 49.2 Å². The predicted octanol–water partition coefficient (Wildman–Crippen LogP) is 14.1. The van der Waals surface area contributed by atoms with Gasteiger partial charge in [-0.25, -0.2) is 0 Å². The number of unbranched alkanes of at least 4 members (excludes halogenated alkanes) is 22. The number of esters is 2. The summed E-state index contributed by atoms with van der Waals surface area (Å²) in [6.07, 6.45) is 34.0. The highest BCUT2D eigenvalue weighted by Gasteiger charge is 2.17. The van der Waals surface area contributed by atoms with Crippen LogP contribution in [-0.4, -0.2) is 120 Å². The zero-order valence-electron chi connectivity index (χ0n) is 39.6. The van der Waals surface area contributed by atoms with Crippen LogP contribution in [0.25, 0.3) is 0 Å². The molecule has 14 heteroatoms. The van der Waals surface area contributed by atoms with Crippen molar-refractivity contribution in [2.45, 2.75) is 213 Å². The molecule has 364 valence electrons. The molecule has 0 aromatic carbocycles. The van der Waals surface area contributed by atoms with Gasteiger partial charge in [0.05, 0.1) is 26.1 Å². The Morgan fingerprint density at radius 2 is 0.738 bits per heavy atom. The fourth-order valence-corrected chi connectivity index (χ4v) is 15.0. The Labute approximate surface area is 400 Å². The third-order valence-corrected chi connectivity index (χ3v) is 19.6. The van der Waals surface area contributed by atoms with E-state index in [1.54, 1.807) is 41.2 Å². The van der Waals surface area contributed by atoms with Crippen molar-refractivity contribution in [3.63, 3.8) is 0 Å². The van der Waals surface area contributed by atoms with Crippen molar-refractivity contribution in [3.05, 3.63) is 0 Å². The minimum atomic E-state index is -0.211. The van der Waals surface area contributed by atoms with Gasteiger partial charge >= 0.3 is 11.9 Å². The van der Waals surface area contributed by atoms with Crippen LogP contribution in [0.2, 0.25) is 0 Å². The summed E-state index contributed by atoms with van der Waals surface area (Å²) < 4.78 is 11.5. The first-order chi connectivity index (χ1) is 29.9. The molecule has 61 heavy (non-hydrogen) atoms. The minimum absolute atomic E-state index is 0.0433. The Morgan fingerprint density at radius 3 is 1.07 bits per heavy atom. The van der Waals surface area contributed by atoms with Crippen LogP contribution < -0.4 is 0 Å². The number of nitrogens with zero attached hydrogens (tertiary/aromatic N) is 2. The number of hydrogen-bond acceptors (Lipinski definition) is 14. The molecule has 0 saturated heterocycles. The topological polar surface area (TPSA) is 99.5 Å². The Kier molecular flexibility index (Phi) is 51.0. The highest BCUT2D eigenvalue weighted by atomic mass is 33.5. The number of carbonyl (C=O) groups excluding carboxylic acids is 2. The maximum Gasteiger partial charge on any atom is 0.307 e. The van der Waals surface area contributed by atoms with Gasteiger partial charge in [0.2, 0.25) is 0 Å². The summed E-state index contributed by atoms with van der Waals surface area (Å²) in [5.41, 5.74) is 0. The first kappa shape index (κ1) is 61.9. The van der Waals surface area contributed by atoms with Gasteiger partial charge in [-0.2, -0.15) is 0 Å². The lowest BCUT2D eigenvalue weighted by atomic mass is 10.1. The molecule has 0 fully saturated rings. The van der Waals surface area contributed by atoms with Crippen molar-refractivity contribution < 1.29 is 29.3 Å². The van der Waals surface area contributed by atoms with Crippen LogP contribution in [-0.2, 0) is 19.1 Å².